The van der Waals surface area contributed by atoms with E-state index in [-0.39, 0.29) is 5.56 Å². The fraction of sp³-hybridized carbons (Fsp3) is 0.615. The topological polar surface area (TPSA) is 65.7 Å². The number of aromatic carboxylic acids is 1. The molecule has 1 aromatic heterocycles. The third kappa shape index (κ3) is 2.70. The van der Waals surface area contributed by atoms with Crippen LogP contribution in [0.2, 0.25) is 0 Å². The molecule has 6 heteroatoms. The van der Waals surface area contributed by atoms with Gasteiger partial charge >= 0.3 is 5.97 Å². The Morgan fingerprint density at radius 1 is 1.53 bits per heavy atom. The van der Waals surface area contributed by atoms with Crippen LogP contribution in [0.1, 0.15) is 29.0 Å². The lowest BCUT2D eigenvalue weighted by molar-refractivity contribution is 0.0680. The number of halogens is 1. The minimum absolute atomic E-state index is 0.237. The molecule has 2 bridgehead atoms. The molecule has 0 spiro atoms. The molecule has 3 aliphatic heterocycles. The molecule has 1 atom stereocenters. The lowest BCUT2D eigenvalue weighted by atomic mass is 9.84. The fourth-order valence-electron chi connectivity index (χ4n) is 3.13. The fourth-order valence-corrected chi connectivity index (χ4v) is 3.55. The summed E-state index contributed by atoms with van der Waals surface area (Å²) in [6.07, 6.45) is 2.48. The molecule has 3 saturated heterocycles. The molecule has 4 rings (SSSR count). The van der Waals surface area contributed by atoms with Crippen LogP contribution < -0.4 is 5.32 Å². The molecule has 3 fully saturated rings. The average Bonchev–Trinajstić information content (AvgIpc) is 2.79. The van der Waals surface area contributed by atoms with Crippen LogP contribution in [0.15, 0.2) is 15.2 Å². The molecule has 4 heterocycles. The van der Waals surface area contributed by atoms with Gasteiger partial charge in [-0.1, -0.05) is 0 Å². The number of hydrogen-bond acceptors (Lipinski definition) is 4. The number of rotatable bonds is 4. The number of piperidine rings is 3. The first-order valence-electron chi connectivity index (χ1n) is 6.60. The van der Waals surface area contributed by atoms with Gasteiger partial charge in [0.2, 0.25) is 0 Å². The zero-order valence-electron chi connectivity index (χ0n) is 10.6. The van der Waals surface area contributed by atoms with Gasteiger partial charge in [-0.2, -0.15) is 0 Å². The van der Waals surface area contributed by atoms with Crippen LogP contribution in [0, 0.1) is 5.92 Å². The van der Waals surface area contributed by atoms with Crippen molar-refractivity contribution < 1.29 is 14.3 Å². The average molecular weight is 329 g/mol. The van der Waals surface area contributed by atoms with Gasteiger partial charge in [0.1, 0.15) is 11.3 Å². The van der Waals surface area contributed by atoms with Gasteiger partial charge in [-0.15, -0.1) is 0 Å². The zero-order valence-corrected chi connectivity index (χ0v) is 12.1. The molecule has 0 aliphatic carbocycles. The summed E-state index contributed by atoms with van der Waals surface area (Å²) in [4.78, 5) is 13.6. The van der Waals surface area contributed by atoms with Crippen molar-refractivity contribution in [2.24, 2.45) is 5.92 Å². The summed E-state index contributed by atoms with van der Waals surface area (Å²) in [6, 6.07) is 1.96. The third-order valence-electron chi connectivity index (χ3n) is 4.19. The number of carbonyl (C=O) groups is 1. The number of nitrogens with one attached hydrogen (secondary N) is 1. The van der Waals surface area contributed by atoms with E-state index in [2.05, 4.69) is 26.1 Å². The first kappa shape index (κ1) is 13.1. The summed E-state index contributed by atoms with van der Waals surface area (Å²) in [5.41, 5.74) is 0.237. The summed E-state index contributed by atoms with van der Waals surface area (Å²) in [5.74, 6) is 0.271. The standard InChI is InChI=1S/C13H17BrN2O3/c14-12-5-9(13(17)18)11(19-12)6-15-10-7-16-3-1-8(10)2-4-16/h5,8,10,15H,1-4,6-7H2,(H,17,18). The second-order valence-corrected chi connectivity index (χ2v) is 6.10. The van der Waals surface area contributed by atoms with Crippen LogP contribution in [0.25, 0.3) is 0 Å². The molecule has 1 aromatic rings. The normalized spacial score (nSPS) is 29.6. The molecule has 0 amide bonds. The van der Waals surface area contributed by atoms with E-state index in [0.29, 0.717) is 23.0 Å². The smallest absolute Gasteiger partial charge is 0.339 e. The largest absolute Gasteiger partial charge is 0.478 e. The van der Waals surface area contributed by atoms with E-state index in [1.165, 1.54) is 32.0 Å². The van der Waals surface area contributed by atoms with Crippen LogP contribution in [0.3, 0.4) is 0 Å². The summed E-state index contributed by atoms with van der Waals surface area (Å²) >= 11 is 3.18. The molecule has 2 N–H and O–H groups in total. The van der Waals surface area contributed by atoms with Crippen molar-refractivity contribution in [1.82, 2.24) is 10.2 Å². The van der Waals surface area contributed by atoms with E-state index in [1.54, 1.807) is 0 Å². The predicted octanol–water partition coefficient (Wildman–Crippen LogP) is 1.92. The van der Waals surface area contributed by atoms with Crippen molar-refractivity contribution >= 4 is 21.9 Å². The molecule has 5 nitrogen and oxygen atoms in total. The summed E-state index contributed by atoms with van der Waals surface area (Å²) in [5, 5.41) is 12.6. The minimum Gasteiger partial charge on any atom is -0.478 e. The van der Waals surface area contributed by atoms with Crippen molar-refractivity contribution in [3.63, 3.8) is 0 Å². The van der Waals surface area contributed by atoms with Crippen molar-refractivity contribution in [3.8, 4) is 0 Å². The van der Waals surface area contributed by atoms with Crippen LogP contribution in [0.4, 0.5) is 0 Å². The van der Waals surface area contributed by atoms with Gasteiger partial charge in [0, 0.05) is 18.7 Å². The van der Waals surface area contributed by atoms with Crippen LogP contribution >= 0.6 is 15.9 Å². The zero-order chi connectivity index (χ0) is 13.4. The van der Waals surface area contributed by atoms with Crippen LogP contribution in [0.5, 0.6) is 0 Å². The first-order chi connectivity index (χ1) is 9.13. The summed E-state index contributed by atoms with van der Waals surface area (Å²) in [7, 11) is 0. The van der Waals surface area contributed by atoms with Gasteiger partial charge in [0.05, 0.1) is 6.54 Å². The number of nitrogens with zero attached hydrogens (tertiary/aromatic N) is 1. The number of fused-ring (bicyclic) bond motifs is 3. The van der Waals surface area contributed by atoms with Crippen LogP contribution in [-0.2, 0) is 6.54 Å². The molecule has 0 radical (unpaired) electrons. The van der Waals surface area contributed by atoms with E-state index in [9.17, 15) is 4.79 Å². The molecule has 0 aromatic carbocycles. The number of carboxylic acids is 1. The number of carboxylic acid groups (broad SMARTS) is 1. The van der Waals surface area contributed by atoms with Crippen molar-refractivity contribution in [2.45, 2.75) is 25.4 Å². The van der Waals surface area contributed by atoms with Gasteiger partial charge in [-0.3, -0.25) is 0 Å². The highest BCUT2D eigenvalue weighted by Crippen LogP contribution is 2.28. The predicted molar refractivity (Wildman–Crippen MR) is 73.2 cm³/mol. The van der Waals surface area contributed by atoms with E-state index in [4.69, 9.17) is 9.52 Å². The second kappa shape index (κ2) is 5.26. The maximum Gasteiger partial charge on any atom is 0.339 e. The summed E-state index contributed by atoms with van der Waals surface area (Å²) < 4.78 is 5.87. The molecule has 19 heavy (non-hydrogen) atoms. The van der Waals surface area contributed by atoms with Crippen molar-refractivity contribution in [2.75, 3.05) is 19.6 Å². The molecule has 3 aliphatic rings. The summed E-state index contributed by atoms with van der Waals surface area (Å²) in [6.45, 7) is 3.95. The van der Waals surface area contributed by atoms with Crippen LogP contribution in [-0.4, -0.2) is 41.7 Å². The first-order valence-corrected chi connectivity index (χ1v) is 7.40. The monoisotopic (exact) mass is 328 g/mol. The van der Waals surface area contributed by atoms with E-state index in [1.807, 2.05) is 0 Å². The maximum absolute atomic E-state index is 11.1. The highest BCUT2D eigenvalue weighted by molar-refractivity contribution is 9.10. The number of furan rings is 1. The minimum atomic E-state index is -0.944. The molecule has 0 saturated carbocycles. The Hall–Kier alpha value is -0.850. The van der Waals surface area contributed by atoms with E-state index >= 15 is 0 Å². The Morgan fingerprint density at radius 3 is 2.84 bits per heavy atom. The van der Waals surface area contributed by atoms with Gasteiger partial charge in [0.25, 0.3) is 0 Å². The molecular weight excluding hydrogens is 312 g/mol. The molecule has 104 valence electrons. The highest BCUT2D eigenvalue weighted by Gasteiger charge is 2.34. The maximum atomic E-state index is 11.1. The lowest BCUT2D eigenvalue weighted by Gasteiger charge is -2.45. The van der Waals surface area contributed by atoms with E-state index < -0.39 is 5.97 Å². The highest BCUT2D eigenvalue weighted by atomic mass is 79.9. The third-order valence-corrected chi connectivity index (χ3v) is 4.58. The second-order valence-electron chi connectivity index (χ2n) is 5.32. The Labute approximate surface area is 120 Å². The Morgan fingerprint density at radius 2 is 2.26 bits per heavy atom. The molecular formula is C13H17BrN2O3. The lowest BCUT2D eigenvalue weighted by Crippen LogP contribution is -2.55. The van der Waals surface area contributed by atoms with Crippen molar-refractivity contribution in [1.29, 1.82) is 0 Å². The van der Waals surface area contributed by atoms with Crippen molar-refractivity contribution in [3.05, 3.63) is 22.1 Å². The van der Waals surface area contributed by atoms with Gasteiger partial charge < -0.3 is 19.7 Å². The Kier molecular flexibility index (Phi) is 3.64. The number of hydrogen-bond donors (Lipinski definition) is 2. The Balaban J connectivity index is 1.65. The van der Waals surface area contributed by atoms with Gasteiger partial charge in [-0.25, -0.2) is 4.79 Å². The van der Waals surface area contributed by atoms with Gasteiger partial charge in [0.15, 0.2) is 4.67 Å². The SMILES string of the molecule is O=C(O)c1cc(Br)oc1CNC1CN2CCC1CC2. The molecule has 1 unspecified atom stereocenters. The Bertz CT molecular complexity index is 480. The quantitative estimate of drug-likeness (QED) is 0.884. The van der Waals surface area contributed by atoms with E-state index in [0.717, 1.165) is 12.5 Å². The van der Waals surface area contributed by atoms with Gasteiger partial charge in [-0.05, 0) is 47.8 Å².